The number of rotatable bonds is 6. The van der Waals surface area contributed by atoms with Gasteiger partial charge in [-0.2, -0.15) is 0 Å². The monoisotopic (exact) mass is 689 g/mol. The zero-order chi connectivity index (χ0) is 35.0. The van der Waals surface area contributed by atoms with Crippen molar-refractivity contribution >= 4 is 41.0 Å². The second kappa shape index (κ2) is 14.1. The summed E-state index contributed by atoms with van der Waals surface area (Å²) in [5, 5.41) is 14.0. The van der Waals surface area contributed by atoms with E-state index >= 15 is 0 Å². The van der Waals surface area contributed by atoms with Gasteiger partial charge in [0.05, 0.1) is 41.4 Å². The quantitative estimate of drug-likeness (QED) is 0.334. The van der Waals surface area contributed by atoms with Gasteiger partial charge in [0, 0.05) is 13.0 Å². The molecule has 1 spiro atoms. The first kappa shape index (κ1) is 34.9. The number of carbonyl (C=O) groups is 4. The molecule has 2 saturated heterocycles. The molecule has 10 nitrogen and oxygen atoms in total. The summed E-state index contributed by atoms with van der Waals surface area (Å²) in [5.74, 6) is -3.89. The van der Waals surface area contributed by atoms with Crippen molar-refractivity contribution in [2.45, 2.75) is 82.9 Å². The van der Waals surface area contributed by atoms with E-state index in [1.807, 2.05) is 63.2 Å². The fourth-order valence-electron chi connectivity index (χ4n) is 8.02. The molecule has 0 unspecified atom stereocenters. The molecule has 6 rings (SSSR count). The van der Waals surface area contributed by atoms with Crippen molar-refractivity contribution in [3.63, 3.8) is 0 Å². The van der Waals surface area contributed by atoms with E-state index < -0.39 is 65.6 Å². The van der Waals surface area contributed by atoms with Crippen LogP contribution < -0.4 is 10.2 Å². The van der Waals surface area contributed by atoms with Crippen LogP contribution in [0, 0.1) is 24.7 Å². The smallest absolute Gasteiger partial charge is 0.313 e. The molecule has 3 amide bonds. The van der Waals surface area contributed by atoms with Gasteiger partial charge in [0.15, 0.2) is 0 Å². The van der Waals surface area contributed by atoms with E-state index in [-0.39, 0.29) is 31.4 Å². The Kier molecular flexibility index (Phi) is 10.0. The van der Waals surface area contributed by atoms with E-state index in [0.717, 1.165) is 5.56 Å². The number of aliphatic hydroxyl groups is 1. The van der Waals surface area contributed by atoms with Crippen LogP contribution >= 0.6 is 11.6 Å². The summed E-state index contributed by atoms with van der Waals surface area (Å²) in [6.07, 6.45) is 6.26. The summed E-state index contributed by atoms with van der Waals surface area (Å²) in [7, 11) is 0. The van der Waals surface area contributed by atoms with Gasteiger partial charge in [-0.3, -0.25) is 19.2 Å². The average molecular weight is 690 g/mol. The topological polar surface area (TPSA) is 125 Å². The van der Waals surface area contributed by atoms with E-state index in [0.29, 0.717) is 29.1 Å². The van der Waals surface area contributed by atoms with Crippen LogP contribution in [0.3, 0.4) is 0 Å². The molecule has 8 atom stereocenters. The van der Waals surface area contributed by atoms with Gasteiger partial charge in [-0.25, -0.2) is 0 Å². The van der Waals surface area contributed by atoms with E-state index in [2.05, 4.69) is 5.32 Å². The predicted octanol–water partition coefficient (Wildman–Crippen LogP) is 4.68. The van der Waals surface area contributed by atoms with Gasteiger partial charge in [-0.1, -0.05) is 92.2 Å². The maximum absolute atomic E-state index is 15.0. The Morgan fingerprint density at radius 2 is 1.80 bits per heavy atom. The van der Waals surface area contributed by atoms with Crippen molar-refractivity contribution in [3.8, 4) is 0 Å². The summed E-state index contributed by atoms with van der Waals surface area (Å²) in [4.78, 5) is 60.3. The van der Waals surface area contributed by atoms with Gasteiger partial charge in [-0.05, 0) is 49.8 Å². The zero-order valence-corrected chi connectivity index (χ0v) is 29.0. The summed E-state index contributed by atoms with van der Waals surface area (Å²) in [5.41, 5.74) is 0.439. The number of aryl methyl sites for hydroxylation is 1. The standard InChI is InChI=1S/C38H44ClN3O7/c1-22(2)20-26(21-43)42-34-36(46)41(32-23(3)12-10-15-27(32)39)19-11-18-38(34)31(35(42)45)30-28(49-38)16-8-9-17-29(44)40-24(4)33(48-37(30)47)25-13-6-5-7-14-25/h5-8,10-16,18,22,24,26,28,30-31,33-34,43H,9,17,19-21H2,1-4H3,(H,40,44)/b16-8-/t24-,26+,28-,30+,31+,33+,34-,38+/m0/s1. The molecule has 0 radical (unpaired) electrons. The SMILES string of the molecule is Cc1cccc(Cl)c1N1CC=C[C@@]23O[C@H]4/C=C\CCC(=O)N[C@@H](C)[C@H](c5ccccc5)OC(=O)[C@H]4[C@@H]2C(=O)N([C@@H](CO)CC(C)C)[C@H]3C1=O. The van der Waals surface area contributed by atoms with Crippen LogP contribution in [-0.2, 0) is 28.7 Å². The number of hydrogen-bond acceptors (Lipinski definition) is 7. The Labute approximate surface area is 292 Å². The van der Waals surface area contributed by atoms with Gasteiger partial charge in [0.1, 0.15) is 23.7 Å². The molecule has 2 aromatic rings. The molecule has 49 heavy (non-hydrogen) atoms. The molecule has 0 saturated carbocycles. The van der Waals surface area contributed by atoms with Crippen molar-refractivity contribution in [2.24, 2.45) is 17.8 Å². The molecule has 2 N–H and O–H groups in total. The number of esters is 1. The van der Waals surface area contributed by atoms with Gasteiger partial charge in [-0.15, -0.1) is 0 Å². The van der Waals surface area contributed by atoms with Gasteiger partial charge >= 0.3 is 5.97 Å². The lowest BCUT2D eigenvalue weighted by molar-refractivity contribution is -0.162. The Morgan fingerprint density at radius 1 is 1.04 bits per heavy atom. The van der Waals surface area contributed by atoms with E-state index in [4.69, 9.17) is 21.1 Å². The number of cyclic esters (lactones) is 1. The highest BCUT2D eigenvalue weighted by atomic mass is 35.5. The highest BCUT2D eigenvalue weighted by Gasteiger charge is 2.72. The highest BCUT2D eigenvalue weighted by molar-refractivity contribution is 6.34. The van der Waals surface area contributed by atoms with Crippen molar-refractivity contribution in [2.75, 3.05) is 18.1 Å². The maximum atomic E-state index is 15.0. The largest absolute Gasteiger partial charge is 0.455 e. The molecule has 0 aromatic heterocycles. The Morgan fingerprint density at radius 3 is 2.49 bits per heavy atom. The number of benzene rings is 2. The van der Waals surface area contributed by atoms with Crippen LogP contribution in [0.1, 0.15) is 57.3 Å². The molecular weight excluding hydrogens is 646 g/mol. The number of hydrogen-bond donors (Lipinski definition) is 2. The first-order chi connectivity index (χ1) is 23.5. The van der Waals surface area contributed by atoms with Crippen LogP contribution in [0.25, 0.3) is 0 Å². The number of ether oxygens (including phenoxy) is 2. The minimum atomic E-state index is -1.55. The fourth-order valence-corrected chi connectivity index (χ4v) is 8.35. The number of allylic oxidation sites excluding steroid dienone is 1. The molecule has 11 heteroatoms. The molecule has 4 aliphatic rings. The summed E-state index contributed by atoms with van der Waals surface area (Å²) in [6.45, 7) is 7.40. The number of para-hydroxylation sites is 1. The molecule has 0 bridgehead atoms. The summed E-state index contributed by atoms with van der Waals surface area (Å²) < 4.78 is 13.1. The molecule has 0 aliphatic carbocycles. The zero-order valence-electron chi connectivity index (χ0n) is 28.3. The second-order valence-electron chi connectivity index (χ2n) is 13.9. The number of aliphatic hydroxyl groups excluding tert-OH is 1. The van der Waals surface area contributed by atoms with E-state index in [9.17, 15) is 24.3 Å². The Bertz CT molecular complexity index is 1640. The van der Waals surface area contributed by atoms with E-state index in [1.165, 1.54) is 4.90 Å². The molecule has 2 aromatic carbocycles. The fraction of sp³-hybridized carbons (Fsp3) is 0.474. The predicted molar refractivity (Wildman–Crippen MR) is 184 cm³/mol. The average Bonchev–Trinajstić information content (AvgIpc) is 3.46. The second-order valence-corrected chi connectivity index (χ2v) is 14.3. The number of amides is 3. The van der Waals surface area contributed by atoms with Crippen molar-refractivity contribution < 1.29 is 33.8 Å². The molecule has 4 heterocycles. The third kappa shape index (κ3) is 6.30. The lowest BCUT2D eigenvalue weighted by Crippen LogP contribution is -2.58. The van der Waals surface area contributed by atoms with Crippen molar-refractivity contribution in [3.05, 3.63) is 89.0 Å². The summed E-state index contributed by atoms with van der Waals surface area (Å²) >= 11 is 6.69. The van der Waals surface area contributed by atoms with Crippen molar-refractivity contribution in [1.29, 1.82) is 0 Å². The van der Waals surface area contributed by atoms with Crippen LogP contribution in [0.15, 0.2) is 72.8 Å². The van der Waals surface area contributed by atoms with Gasteiger partial charge < -0.3 is 29.7 Å². The lowest BCUT2D eigenvalue weighted by Gasteiger charge is -2.39. The normalized spacial score (nSPS) is 31.6. The molecule has 4 aliphatic heterocycles. The third-order valence-corrected chi connectivity index (χ3v) is 10.4. The molecule has 2 fully saturated rings. The number of nitrogens with zero attached hydrogens (tertiary/aromatic N) is 2. The van der Waals surface area contributed by atoms with Crippen LogP contribution in [0.4, 0.5) is 5.69 Å². The molecular formula is C38H44ClN3O7. The minimum Gasteiger partial charge on any atom is -0.455 e. The lowest BCUT2D eigenvalue weighted by atomic mass is 9.77. The van der Waals surface area contributed by atoms with E-state index in [1.54, 1.807) is 42.2 Å². The maximum Gasteiger partial charge on any atom is 0.313 e. The van der Waals surface area contributed by atoms with Crippen LogP contribution in [0.2, 0.25) is 5.02 Å². The first-order valence-electron chi connectivity index (χ1n) is 17.0. The number of anilines is 1. The van der Waals surface area contributed by atoms with Crippen LogP contribution in [-0.4, -0.2) is 76.7 Å². The molecule has 260 valence electrons. The highest BCUT2D eigenvalue weighted by Crippen LogP contribution is 2.54. The van der Waals surface area contributed by atoms with Gasteiger partial charge in [0.2, 0.25) is 11.8 Å². The Balaban J connectivity index is 1.49. The number of nitrogens with one attached hydrogen (secondary N) is 1. The van der Waals surface area contributed by atoms with Crippen LogP contribution in [0.5, 0.6) is 0 Å². The number of halogens is 1. The minimum absolute atomic E-state index is 0.0888. The van der Waals surface area contributed by atoms with Gasteiger partial charge in [0.25, 0.3) is 5.91 Å². The first-order valence-corrected chi connectivity index (χ1v) is 17.4. The number of carbonyl (C=O) groups excluding carboxylic acids is 4. The Hall–Kier alpha value is -3.99. The third-order valence-electron chi connectivity index (χ3n) is 10.1. The summed E-state index contributed by atoms with van der Waals surface area (Å²) in [6, 6.07) is 12.1. The number of likely N-dealkylation sites (tertiary alicyclic amines) is 1. The number of fused-ring (bicyclic) bond motifs is 2. The van der Waals surface area contributed by atoms with Crippen molar-refractivity contribution in [1.82, 2.24) is 10.2 Å².